The maximum absolute atomic E-state index is 13.3. The molecule has 0 atom stereocenters. The number of carbonyl (C=O) groups is 1. The van der Waals surface area contributed by atoms with E-state index in [0.29, 0.717) is 44.1 Å². The predicted molar refractivity (Wildman–Crippen MR) is 131 cm³/mol. The van der Waals surface area contributed by atoms with Gasteiger partial charge in [-0.2, -0.15) is 4.98 Å². The lowest BCUT2D eigenvalue weighted by molar-refractivity contribution is -0.116. The van der Waals surface area contributed by atoms with Crippen molar-refractivity contribution in [3.05, 3.63) is 80.2 Å². The van der Waals surface area contributed by atoms with Crippen LogP contribution in [-0.4, -0.2) is 27.7 Å². The number of ether oxygens (including phenoxy) is 1. The molecule has 0 spiro atoms. The third-order valence-electron chi connectivity index (χ3n) is 5.18. The Morgan fingerprint density at radius 1 is 1.12 bits per heavy atom. The van der Waals surface area contributed by atoms with Gasteiger partial charge in [0.05, 0.1) is 12.1 Å². The Kier molecular flexibility index (Phi) is 6.72. The summed E-state index contributed by atoms with van der Waals surface area (Å²) in [6, 6.07) is 13.6. The molecule has 0 radical (unpaired) electrons. The van der Waals surface area contributed by atoms with E-state index in [2.05, 4.69) is 15.5 Å². The first-order valence-corrected chi connectivity index (χ1v) is 11.0. The third kappa shape index (κ3) is 4.83. The van der Waals surface area contributed by atoms with Crippen LogP contribution in [0.5, 0.6) is 5.75 Å². The Hall–Kier alpha value is -3.62. The highest BCUT2D eigenvalue weighted by atomic mass is 35.5. The summed E-state index contributed by atoms with van der Waals surface area (Å²) in [6.07, 6.45) is 0. The second-order valence-corrected chi connectivity index (χ2v) is 8.41. The van der Waals surface area contributed by atoms with Crippen molar-refractivity contribution in [2.75, 3.05) is 12.4 Å². The summed E-state index contributed by atoms with van der Waals surface area (Å²) in [5.74, 6) is 0.497. The lowest BCUT2D eigenvalue weighted by Gasteiger charge is -2.13. The lowest BCUT2D eigenvalue weighted by Crippen LogP contribution is -2.30. The van der Waals surface area contributed by atoms with Crippen LogP contribution in [0.3, 0.4) is 0 Å². The fourth-order valence-electron chi connectivity index (χ4n) is 3.51. The second kappa shape index (κ2) is 9.70. The zero-order valence-corrected chi connectivity index (χ0v) is 20.1. The van der Waals surface area contributed by atoms with Crippen molar-refractivity contribution >= 4 is 34.8 Å². The first kappa shape index (κ1) is 23.5. The summed E-state index contributed by atoms with van der Waals surface area (Å²) in [5, 5.41) is 7.67. The highest BCUT2D eigenvalue weighted by molar-refractivity contribution is 6.32. The fraction of sp³-hybridized carbons (Fsp3) is 0.167. The molecule has 2 aromatic heterocycles. The Morgan fingerprint density at radius 3 is 2.53 bits per heavy atom. The van der Waals surface area contributed by atoms with Crippen molar-refractivity contribution in [1.82, 2.24) is 14.7 Å². The molecule has 0 aliphatic carbocycles. The normalized spacial score (nSPS) is 10.9. The molecule has 0 fully saturated rings. The first-order chi connectivity index (χ1) is 16.3. The van der Waals surface area contributed by atoms with Gasteiger partial charge in [-0.25, -0.2) is 0 Å². The largest absolute Gasteiger partial charge is 0.495 e. The van der Waals surface area contributed by atoms with Crippen LogP contribution in [0.2, 0.25) is 10.0 Å². The number of rotatable bonds is 6. The van der Waals surface area contributed by atoms with Crippen LogP contribution in [0.4, 0.5) is 5.69 Å². The Bertz CT molecular complexity index is 1430. The standard InChI is InChI=1S/C24H20Cl2N4O4/c1-13-10-14(2)30(12-20(31)27-17-8-9-19(33-3)18(26)11-17)24(32)21(13)23-28-22(29-34-23)15-4-6-16(25)7-5-15/h4-11H,12H2,1-3H3,(H,27,31). The summed E-state index contributed by atoms with van der Waals surface area (Å²) in [6.45, 7) is 3.32. The molecule has 2 aromatic carbocycles. The summed E-state index contributed by atoms with van der Waals surface area (Å²) < 4.78 is 11.9. The van der Waals surface area contributed by atoms with E-state index in [-0.39, 0.29) is 18.0 Å². The number of amides is 1. The number of nitrogens with one attached hydrogen (secondary N) is 1. The molecule has 4 aromatic rings. The molecule has 0 saturated heterocycles. The number of anilines is 1. The number of benzene rings is 2. The number of hydrogen-bond acceptors (Lipinski definition) is 6. The van der Waals surface area contributed by atoms with Gasteiger partial charge in [0, 0.05) is 22.0 Å². The fourth-order valence-corrected chi connectivity index (χ4v) is 3.90. The van der Waals surface area contributed by atoms with Gasteiger partial charge < -0.3 is 19.1 Å². The van der Waals surface area contributed by atoms with Gasteiger partial charge in [-0.05, 0) is 67.9 Å². The number of methoxy groups -OCH3 is 1. The van der Waals surface area contributed by atoms with Crippen molar-refractivity contribution in [3.63, 3.8) is 0 Å². The molecule has 174 valence electrons. The number of pyridine rings is 1. The van der Waals surface area contributed by atoms with Crippen molar-refractivity contribution in [2.24, 2.45) is 0 Å². The van der Waals surface area contributed by atoms with Gasteiger partial charge in [0.1, 0.15) is 17.9 Å². The summed E-state index contributed by atoms with van der Waals surface area (Å²) >= 11 is 12.1. The highest BCUT2D eigenvalue weighted by Gasteiger charge is 2.20. The SMILES string of the molecule is COc1ccc(NC(=O)Cn2c(C)cc(C)c(-c3nc(-c4ccc(Cl)cc4)no3)c2=O)cc1Cl. The third-order valence-corrected chi connectivity index (χ3v) is 5.73. The van der Waals surface area contributed by atoms with E-state index in [9.17, 15) is 9.59 Å². The molecule has 2 heterocycles. The molecule has 0 aliphatic rings. The Labute approximate surface area is 205 Å². The second-order valence-electron chi connectivity index (χ2n) is 7.56. The van der Waals surface area contributed by atoms with Crippen LogP contribution >= 0.6 is 23.2 Å². The summed E-state index contributed by atoms with van der Waals surface area (Å²) in [4.78, 5) is 30.4. The molecular weight excluding hydrogens is 479 g/mol. The number of carbonyl (C=O) groups excluding carboxylic acids is 1. The molecule has 0 aliphatic heterocycles. The molecule has 1 amide bonds. The van der Waals surface area contributed by atoms with E-state index in [0.717, 1.165) is 0 Å². The van der Waals surface area contributed by atoms with Crippen molar-refractivity contribution in [2.45, 2.75) is 20.4 Å². The van der Waals surface area contributed by atoms with Crippen LogP contribution in [0.15, 0.2) is 57.8 Å². The van der Waals surface area contributed by atoms with E-state index in [1.54, 1.807) is 62.4 Å². The van der Waals surface area contributed by atoms with Gasteiger partial charge in [-0.15, -0.1) is 0 Å². The van der Waals surface area contributed by atoms with Gasteiger partial charge in [-0.1, -0.05) is 28.4 Å². The summed E-state index contributed by atoms with van der Waals surface area (Å²) in [5.41, 5.74) is 2.28. The molecule has 1 N–H and O–H groups in total. The molecule has 8 nitrogen and oxygen atoms in total. The molecule has 4 rings (SSSR count). The minimum absolute atomic E-state index is 0.0727. The zero-order chi connectivity index (χ0) is 24.4. The smallest absolute Gasteiger partial charge is 0.264 e. The maximum atomic E-state index is 13.3. The van der Waals surface area contributed by atoms with Crippen molar-refractivity contribution in [3.8, 4) is 28.6 Å². The van der Waals surface area contributed by atoms with Crippen LogP contribution in [0.25, 0.3) is 22.8 Å². The van der Waals surface area contributed by atoms with E-state index >= 15 is 0 Å². The molecule has 34 heavy (non-hydrogen) atoms. The number of hydrogen-bond donors (Lipinski definition) is 1. The number of aryl methyl sites for hydroxylation is 2. The number of aromatic nitrogens is 3. The van der Waals surface area contributed by atoms with Gasteiger partial charge >= 0.3 is 0 Å². The molecule has 0 saturated carbocycles. The highest BCUT2D eigenvalue weighted by Crippen LogP contribution is 2.27. The molecule has 0 bridgehead atoms. The Morgan fingerprint density at radius 2 is 1.85 bits per heavy atom. The average molecular weight is 499 g/mol. The zero-order valence-electron chi connectivity index (χ0n) is 18.6. The van der Waals surface area contributed by atoms with Gasteiger partial charge in [0.15, 0.2) is 0 Å². The number of nitrogens with zero attached hydrogens (tertiary/aromatic N) is 3. The monoisotopic (exact) mass is 498 g/mol. The minimum Gasteiger partial charge on any atom is -0.495 e. The quantitative estimate of drug-likeness (QED) is 0.395. The van der Waals surface area contributed by atoms with Crippen molar-refractivity contribution in [1.29, 1.82) is 0 Å². The van der Waals surface area contributed by atoms with Crippen LogP contribution in [0.1, 0.15) is 11.3 Å². The van der Waals surface area contributed by atoms with Crippen LogP contribution < -0.4 is 15.6 Å². The first-order valence-electron chi connectivity index (χ1n) is 10.2. The minimum atomic E-state index is -0.410. The average Bonchev–Trinajstić information content (AvgIpc) is 3.27. The van der Waals surface area contributed by atoms with Crippen LogP contribution in [-0.2, 0) is 11.3 Å². The van der Waals surface area contributed by atoms with E-state index in [1.807, 2.05) is 0 Å². The lowest BCUT2D eigenvalue weighted by atomic mass is 10.1. The summed E-state index contributed by atoms with van der Waals surface area (Å²) in [7, 11) is 1.51. The van der Waals surface area contributed by atoms with Gasteiger partial charge in [-0.3, -0.25) is 9.59 Å². The molecule has 10 heteroatoms. The Balaban J connectivity index is 1.62. The topological polar surface area (TPSA) is 99.2 Å². The van der Waals surface area contributed by atoms with Gasteiger partial charge in [0.2, 0.25) is 11.7 Å². The van der Waals surface area contributed by atoms with Crippen LogP contribution in [0, 0.1) is 13.8 Å². The maximum Gasteiger partial charge on any atom is 0.264 e. The van der Waals surface area contributed by atoms with E-state index < -0.39 is 11.5 Å². The molecule has 0 unspecified atom stereocenters. The number of halogens is 2. The van der Waals surface area contributed by atoms with E-state index in [1.165, 1.54) is 11.7 Å². The van der Waals surface area contributed by atoms with E-state index in [4.69, 9.17) is 32.5 Å². The predicted octanol–water partition coefficient (Wildman–Crippen LogP) is 5.14. The van der Waals surface area contributed by atoms with Gasteiger partial charge in [0.25, 0.3) is 11.4 Å². The van der Waals surface area contributed by atoms with Crippen molar-refractivity contribution < 1.29 is 14.1 Å². The molecular formula is C24H20Cl2N4O4.